The van der Waals surface area contributed by atoms with Crippen LogP contribution in [0.1, 0.15) is 30.1 Å². The predicted molar refractivity (Wildman–Crippen MR) is 106 cm³/mol. The van der Waals surface area contributed by atoms with E-state index in [1.54, 1.807) is 15.9 Å². The van der Waals surface area contributed by atoms with E-state index in [-0.39, 0.29) is 17.5 Å². The SMILES string of the molecule is Cc1sc2nc(SCc3nc(N)nc(N)n3)n(CC(C)C)c(=O)c2c1C. The van der Waals surface area contributed by atoms with Crippen LogP contribution in [0.2, 0.25) is 0 Å². The summed E-state index contributed by atoms with van der Waals surface area (Å²) in [6.45, 7) is 8.73. The number of rotatable bonds is 5. The molecule has 0 unspecified atom stereocenters. The fraction of sp³-hybridized carbons (Fsp3) is 0.438. The Morgan fingerprint density at radius 3 is 2.38 bits per heavy atom. The normalized spacial score (nSPS) is 11.6. The number of nitrogen functional groups attached to an aromatic ring is 2. The van der Waals surface area contributed by atoms with Gasteiger partial charge in [0.1, 0.15) is 10.7 Å². The van der Waals surface area contributed by atoms with Gasteiger partial charge in [-0.05, 0) is 25.3 Å². The zero-order valence-corrected chi connectivity index (χ0v) is 16.7. The van der Waals surface area contributed by atoms with Gasteiger partial charge in [0.25, 0.3) is 5.56 Å². The fourth-order valence-corrected chi connectivity index (χ4v) is 4.53. The van der Waals surface area contributed by atoms with Crippen molar-refractivity contribution in [2.45, 2.75) is 45.1 Å². The minimum Gasteiger partial charge on any atom is -0.368 e. The Morgan fingerprint density at radius 1 is 1.12 bits per heavy atom. The molecule has 4 N–H and O–H groups in total. The second kappa shape index (κ2) is 7.20. The molecule has 0 spiro atoms. The molecule has 26 heavy (non-hydrogen) atoms. The van der Waals surface area contributed by atoms with E-state index in [2.05, 4.69) is 28.8 Å². The van der Waals surface area contributed by atoms with E-state index in [1.165, 1.54) is 11.8 Å². The van der Waals surface area contributed by atoms with E-state index in [0.29, 0.717) is 34.6 Å². The summed E-state index contributed by atoms with van der Waals surface area (Å²) in [5.41, 5.74) is 12.3. The zero-order valence-electron chi connectivity index (χ0n) is 15.1. The summed E-state index contributed by atoms with van der Waals surface area (Å²) in [5, 5.41) is 1.36. The molecule has 3 heterocycles. The van der Waals surface area contributed by atoms with Gasteiger partial charge >= 0.3 is 0 Å². The van der Waals surface area contributed by atoms with Crippen molar-refractivity contribution in [3.63, 3.8) is 0 Å². The Kier molecular flexibility index (Phi) is 5.15. The van der Waals surface area contributed by atoms with Crippen molar-refractivity contribution < 1.29 is 0 Å². The molecule has 0 saturated carbocycles. The fourth-order valence-electron chi connectivity index (χ4n) is 2.60. The lowest BCUT2D eigenvalue weighted by atomic mass is 10.2. The maximum atomic E-state index is 13.1. The first-order chi connectivity index (χ1) is 12.3. The Labute approximate surface area is 159 Å². The molecule has 0 bridgehead atoms. The molecule has 3 aromatic heterocycles. The quantitative estimate of drug-likeness (QED) is 0.501. The highest BCUT2D eigenvalue weighted by atomic mass is 32.2. The standard InChI is InChI=1S/C16H21N7OS2/c1-7(2)5-23-13(24)11-8(3)9(4)26-12(11)21-16(23)25-6-10-19-14(17)22-15(18)20-10/h7H,5-6H2,1-4H3,(H4,17,18,19,20,22). The molecule has 3 rings (SSSR count). The molecule has 0 amide bonds. The second-order valence-corrected chi connectivity index (χ2v) is 8.57. The summed E-state index contributed by atoms with van der Waals surface area (Å²) >= 11 is 2.94. The Bertz CT molecular complexity index is 1010. The van der Waals surface area contributed by atoms with E-state index < -0.39 is 0 Å². The smallest absolute Gasteiger partial charge is 0.263 e. The number of thiophene rings is 1. The number of thioether (sulfide) groups is 1. The van der Waals surface area contributed by atoms with Crippen LogP contribution in [-0.2, 0) is 12.3 Å². The van der Waals surface area contributed by atoms with Crippen molar-refractivity contribution in [2.75, 3.05) is 11.5 Å². The van der Waals surface area contributed by atoms with Gasteiger partial charge in [0.2, 0.25) is 11.9 Å². The highest BCUT2D eigenvalue weighted by Crippen LogP contribution is 2.29. The summed E-state index contributed by atoms with van der Waals surface area (Å²) in [4.78, 5) is 31.6. The topological polar surface area (TPSA) is 126 Å². The summed E-state index contributed by atoms with van der Waals surface area (Å²) < 4.78 is 1.74. The third-order valence-electron chi connectivity index (χ3n) is 3.85. The number of aryl methyl sites for hydroxylation is 2. The lowest BCUT2D eigenvalue weighted by molar-refractivity contribution is 0.475. The molecule has 0 fully saturated rings. The van der Waals surface area contributed by atoms with Crippen LogP contribution in [-0.4, -0.2) is 24.5 Å². The zero-order chi connectivity index (χ0) is 19.0. The highest BCUT2D eigenvalue weighted by molar-refractivity contribution is 7.98. The van der Waals surface area contributed by atoms with Crippen LogP contribution in [0, 0.1) is 19.8 Å². The van der Waals surface area contributed by atoms with Crippen LogP contribution >= 0.6 is 23.1 Å². The molecule has 8 nitrogen and oxygen atoms in total. The summed E-state index contributed by atoms with van der Waals surface area (Å²) in [6.07, 6.45) is 0. The lowest BCUT2D eigenvalue weighted by Gasteiger charge is -2.14. The summed E-state index contributed by atoms with van der Waals surface area (Å²) in [5.74, 6) is 1.34. The van der Waals surface area contributed by atoms with Crippen LogP contribution in [0.5, 0.6) is 0 Å². The number of anilines is 2. The Balaban J connectivity index is 2.04. The molecule has 3 aromatic rings. The van der Waals surface area contributed by atoms with E-state index in [9.17, 15) is 4.79 Å². The maximum absolute atomic E-state index is 13.1. The molecule has 0 aliphatic carbocycles. The van der Waals surface area contributed by atoms with Crippen molar-refractivity contribution >= 4 is 45.2 Å². The molecule has 10 heteroatoms. The van der Waals surface area contributed by atoms with Crippen molar-refractivity contribution in [2.24, 2.45) is 5.92 Å². The Morgan fingerprint density at radius 2 is 1.77 bits per heavy atom. The molecular weight excluding hydrogens is 370 g/mol. The molecule has 0 radical (unpaired) electrons. The molecule has 0 aliphatic rings. The monoisotopic (exact) mass is 391 g/mol. The van der Waals surface area contributed by atoms with Crippen molar-refractivity contribution in [1.82, 2.24) is 24.5 Å². The van der Waals surface area contributed by atoms with Crippen molar-refractivity contribution in [3.05, 3.63) is 26.6 Å². The average molecular weight is 392 g/mol. The van der Waals surface area contributed by atoms with Crippen LogP contribution < -0.4 is 17.0 Å². The highest BCUT2D eigenvalue weighted by Gasteiger charge is 2.18. The van der Waals surface area contributed by atoms with Gasteiger partial charge in [-0.15, -0.1) is 11.3 Å². The van der Waals surface area contributed by atoms with E-state index in [4.69, 9.17) is 16.5 Å². The van der Waals surface area contributed by atoms with Gasteiger partial charge in [0, 0.05) is 11.4 Å². The van der Waals surface area contributed by atoms with Gasteiger partial charge in [-0.2, -0.15) is 15.0 Å². The molecule has 0 atom stereocenters. The second-order valence-electron chi connectivity index (χ2n) is 6.42. The van der Waals surface area contributed by atoms with Gasteiger partial charge in [-0.3, -0.25) is 9.36 Å². The first-order valence-electron chi connectivity index (χ1n) is 8.15. The summed E-state index contributed by atoms with van der Waals surface area (Å²) in [6, 6.07) is 0. The van der Waals surface area contributed by atoms with Crippen LogP contribution in [0.3, 0.4) is 0 Å². The molecule has 138 valence electrons. The third kappa shape index (κ3) is 3.65. The third-order valence-corrected chi connectivity index (χ3v) is 5.92. The van der Waals surface area contributed by atoms with Gasteiger partial charge < -0.3 is 11.5 Å². The number of nitrogens with zero attached hydrogens (tertiary/aromatic N) is 5. The Hall–Kier alpha value is -2.20. The summed E-state index contributed by atoms with van der Waals surface area (Å²) in [7, 11) is 0. The average Bonchev–Trinajstić information content (AvgIpc) is 2.82. The van der Waals surface area contributed by atoms with Crippen LogP contribution in [0.25, 0.3) is 10.2 Å². The van der Waals surface area contributed by atoms with Gasteiger partial charge in [0.15, 0.2) is 5.16 Å². The molecular formula is C16H21N7OS2. The maximum Gasteiger partial charge on any atom is 0.263 e. The van der Waals surface area contributed by atoms with Gasteiger partial charge in [-0.1, -0.05) is 25.6 Å². The number of hydrogen-bond acceptors (Lipinski definition) is 9. The van der Waals surface area contributed by atoms with Crippen LogP contribution in [0.15, 0.2) is 9.95 Å². The minimum absolute atomic E-state index is 0.00252. The first-order valence-corrected chi connectivity index (χ1v) is 9.95. The van der Waals surface area contributed by atoms with Gasteiger partial charge in [0.05, 0.1) is 11.1 Å². The molecule has 0 aromatic carbocycles. The minimum atomic E-state index is 0.00252. The lowest BCUT2D eigenvalue weighted by Crippen LogP contribution is -2.25. The van der Waals surface area contributed by atoms with Gasteiger partial charge in [-0.25, -0.2) is 4.98 Å². The molecule has 0 saturated heterocycles. The number of hydrogen-bond donors (Lipinski definition) is 2. The van der Waals surface area contributed by atoms with E-state index in [1.807, 2.05) is 13.8 Å². The van der Waals surface area contributed by atoms with E-state index >= 15 is 0 Å². The number of fused-ring (bicyclic) bond motifs is 1. The molecule has 0 aliphatic heterocycles. The van der Waals surface area contributed by atoms with Crippen molar-refractivity contribution in [1.29, 1.82) is 0 Å². The largest absolute Gasteiger partial charge is 0.368 e. The van der Waals surface area contributed by atoms with Crippen molar-refractivity contribution in [3.8, 4) is 0 Å². The predicted octanol–water partition coefficient (Wildman–Crippen LogP) is 2.37. The number of nitrogens with two attached hydrogens (primary N) is 2. The number of aromatic nitrogens is 5. The first kappa shape index (κ1) is 18.6. The van der Waals surface area contributed by atoms with Crippen LogP contribution in [0.4, 0.5) is 11.9 Å². The van der Waals surface area contributed by atoms with E-state index in [0.717, 1.165) is 15.3 Å².